The Morgan fingerprint density at radius 3 is 2.44 bits per heavy atom. The summed E-state index contributed by atoms with van der Waals surface area (Å²) >= 11 is 0. The zero-order valence-corrected chi connectivity index (χ0v) is 25.9. The van der Waals surface area contributed by atoms with Gasteiger partial charge in [-0.15, -0.1) is 0 Å². The Balaban J connectivity index is 2.41. The summed E-state index contributed by atoms with van der Waals surface area (Å²) in [6.45, 7) is 19.8. The van der Waals surface area contributed by atoms with Crippen LogP contribution in [0.25, 0.3) is 16.6 Å². The molecule has 0 amide bonds. The van der Waals surface area contributed by atoms with Crippen LogP contribution in [0.2, 0.25) is 0 Å². The zero-order valence-electron chi connectivity index (χ0n) is 25.9. The van der Waals surface area contributed by atoms with Crippen molar-refractivity contribution in [1.29, 1.82) is 0 Å². The molecule has 0 unspecified atom stereocenters. The van der Waals surface area contributed by atoms with E-state index in [1.54, 1.807) is 12.4 Å². The van der Waals surface area contributed by atoms with E-state index in [0.29, 0.717) is 17.6 Å². The molecule has 2 aromatic carbocycles. The van der Waals surface area contributed by atoms with Gasteiger partial charge in [0.05, 0.1) is 17.8 Å². The number of benzene rings is 2. The van der Waals surface area contributed by atoms with E-state index in [1.807, 2.05) is 32.3 Å². The lowest BCUT2D eigenvalue weighted by Gasteiger charge is -2.31. The van der Waals surface area contributed by atoms with Crippen molar-refractivity contribution in [3.05, 3.63) is 94.1 Å². The van der Waals surface area contributed by atoms with E-state index in [-0.39, 0.29) is 11.7 Å². The van der Waals surface area contributed by atoms with Gasteiger partial charge in [-0.2, -0.15) is 0 Å². The summed E-state index contributed by atoms with van der Waals surface area (Å²) in [5.74, 6) is 0.0327. The zero-order chi connectivity index (χ0) is 30.1. The van der Waals surface area contributed by atoms with Crippen molar-refractivity contribution in [2.45, 2.75) is 53.9 Å². The second kappa shape index (κ2) is 14.7. The van der Waals surface area contributed by atoms with E-state index in [2.05, 4.69) is 86.4 Å². The molecule has 0 aliphatic carbocycles. The molecule has 0 aliphatic heterocycles. The third-order valence-electron chi connectivity index (χ3n) is 7.64. The van der Waals surface area contributed by atoms with Crippen molar-refractivity contribution in [3.8, 4) is 0 Å². The molecule has 6 heteroatoms. The molecular weight excluding hydrogens is 509 g/mol. The number of nitrogens with zero attached hydrogens (tertiary/aromatic N) is 3. The molecule has 0 spiro atoms. The van der Waals surface area contributed by atoms with Crippen molar-refractivity contribution in [1.82, 2.24) is 10.3 Å². The van der Waals surface area contributed by atoms with Gasteiger partial charge in [-0.3, -0.25) is 9.98 Å². The van der Waals surface area contributed by atoms with Gasteiger partial charge in [0.15, 0.2) is 0 Å². The monoisotopic (exact) mass is 555 g/mol. The van der Waals surface area contributed by atoms with Crippen LogP contribution in [0.3, 0.4) is 0 Å². The molecule has 2 N–H and O–H groups in total. The lowest BCUT2D eigenvalue weighted by Crippen LogP contribution is -2.23. The first-order valence-corrected chi connectivity index (χ1v) is 14.5. The predicted molar refractivity (Wildman–Crippen MR) is 177 cm³/mol. The van der Waals surface area contributed by atoms with Crippen LogP contribution in [-0.2, 0) is 12.8 Å². The Labute approximate surface area is 245 Å². The Morgan fingerprint density at radius 1 is 1.17 bits per heavy atom. The summed E-state index contributed by atoms with van der Waals surface area (Å²) in [6, 6.07) is 10.4. The number of aromatic nitrogens is 1. The number of anilines is 1. The van der Waals surface area contributed by atoms with E-state index in [0.717, 1.165) is 59.2 Å². The maximum atomic E-state index is 15.3. The Bertz CT molecular complexity index is 1450. The standard InChI is InChI=1S/C35H46FN5/c1-10-26-13-12-14-27(11-2)34(26)41(9)35(30-19-25(6)32(36)33-29(30)16-18-40-33)31(24(5)15-17-37-7)22-39-21-28(20-38-8)23(3)4/h12-14,16,18-21,23,37,40H,5,8,10-11,15,17,22H2,1-4,6-7,9H3/b28-20+,35-31-,39-21-. The molecule has 1 aromatic heterocycles. The number of allylic oxidation sites excluding steroid dienone is 1. The smallest absolute Gasteiger partial charge is 0.150 e. The number of fused-ring (bicyclic) bond motifs is 1. The molecular formula is C35H46FN5. The molecule has 0 bridgehead atoms. The highest BCUT2D eigenvalue weighted by molar-refractivity contribution is 5.99. The molecule has 41 heavy (non-hydrogen) atoms. The molecule has 218 valence electrons. The minimum atomic E-state index is -0.226. The van der Waals surface area contributed by atoms with E-state index >= 15 is 4.39 Å². The summed E-state index contributed by atoms with van der Waals surface area (Å²) in [7, 11) is 4.07. The number of aliphatic imine (C=N–C) groups is 2. The number of para-hydroxylation sites is 1. The number of nitrogens with one attached hydrogen (secondary N) is 2. The van der Waals surface area contributed by atoms with Crippen molar-refractivity contribution in [2.24, 2.45) is 15.9 Å². The minimum Gasteiger partial charge on any atom is -0.359 e. The third-order valence-corrected chi connectivity index (χ3v) is 7.64. The van der Waals surface area contributed by atoms with Gasteiger partial charge in [0.1, 0.15) is 5.82 Å². The number of aromatic amines is 1. The number of H-pyrrole nitrogens is 1. The second-order valence-electron chi connectivity index (χ2n) is 10.7. The fourth-order valence-corrected chi connectivity index (χ4v) is 5.29. The number of halogens is 1. The summed E-state index contributed by atoms with van der Waals surface area (Å²) < 4.78 is 15.3. The van der Waals surface area contributed by atoms with E-state index in [1.165, 1.54) is 16.8 Å². The fraction of sp³-hybridized carbons (Fsp3) is 0.371. The molecule has 0 saturated carbocycles. The van der Waals surface area contributed by atoms with Crippen LogP contribution in [-0.4, -0.2) is 45.1 Å². The molecule has 0 fully saturated rings. The molecule has 5 nitrogen and oxygen atoms in total. The quantitative estimate of drug-likeness (QED) is 0.156. The number of hydrogen-bond acceptors (Lipinski definition) is 4. The van der Waals surface area contributed by atoms with Crippen molar-refractivity contribution in [2.75, 3.05) is 32.1 Å². The predicted octanol–water partition coefficient (Wildman–Crippen LogP) is 8.06. The van der Waals surface area contributed by atoms with E-state index in [9.17, 15) is 0 Å². The van der Waals surface area contributed by atoms with Crippen molar-refractivity contribution >= 4 is 35.2 Å². The lowest BCUT2D eigenvalue weighted by molar-refractivity contribution is 0.628. The van der Waals surface area contributed by atoms with Crippen molar-refractivity contribution < 1.29 is 4.39 Å². The number of hydrogen-bond donors (Lipinski definition) is 2. The fourth-order valence-electron chi connectivity index (χ4n) is 5.29. The van der Waals surface area contributed by atoms with Gasteiger partial charge < -0.3 is 15.2 Å². The molecule has 0 saturated heterocycles. The molecule has 1 heterocycles. The van der Waals surface area contributed by atoms with Gasteiger partial charge in [0.2, 0.25) is 0 Å². The first-order chi connectivity index (χ1) is 19.7. The van der Waals surface area contributed by atoms with Crippen LogP contribution in [0.15, 0.2) is 76.0 Å². The Kier molecular flexibility index (Phi) is 11.4. The lowest BCUT2D eigenvalue weighted by atomic mass is 9.92. The average molecular weight is 556 g/mol. The van der Waals surface area contributed by atoms with Crippen LogP contribution in [0.5, 0.6) is 0 Å². The molecule has 3 aromatic rings. The maximum absolute atomic E-state index is 15.3. The van der Waals surface area contributed by atoms with Crippen LogP contribution < -0.4 is 10.2 Å². The van der Waals surface area contributed by atoms with Crippen LogP contribution in [0.4, 0.5) is 10.1 Å². The molecule has 3 rings (SSSR count). The Hall–Kier alpha value is -3.77. The van der Waals surface area contributed by atoms with E-state index in [4.69, 9.17) is 4.99 Å². The first-order valence-electron chi connectivity index (χ1n) is 14.5. The number of aryl methyl sites for hydroxylation is 3. The third kappa shape index (κ3) is 7.12. The number of rotatable bonds is 14. The molecule has 0 atom stereocenters. The first kappa shape index (κ1) is 31.8. The summed E-state index contributed by atoms with van der Waals surface area (Å²) in [6.07, 6.45) is 8.01. The van der Waals surface area contributed by atoms with Gasteiger partial charge in [-0.05, 0) is 92.4 Å². The largest absolute Gasteiger partial charge is 0.359 e. The van der Waals surface area contributed by atoms with Crippen molar-refractivity contribution in [3.63, 3.8) is 0 Å². The normalized spacial score (nSPS) is 12.9. The molecule has 0 radical (unpaired) electrons. The topological polar surface area (TPSA) is 55.8 Å². The highest BCUT2D eigenvalue weighted by Crippen LogP contribution is 2.39. The van der Waals surface area contributed by atoms with Gasteiger partial charge >= 0.3 is 0 Å². The molecule has 0 aliphatic rings. The maximum Gasteiger partial charge on any atom is 0.150 e. The van der Waals surface area contributed by atoms with Gasteiger partial charge in [0.25, 0.3) is 0 Å². The minimum absolute atomic E-state index is 0.226. The van der Waals surface area contributed by atoms with Gasteiger partial charge in [0, 0.05) is 47.9 Å². The second-order valence-corrected chi connectivity index (χ2v) is 10.7. The van der Waals surface area contributed by atoms with Crippen LogP contribution in [0, 0.1) is 18.7 Å². The Morgan fingerprint density at radius 2 is 1.85 bits per heavy atom. The summed E-state index contributed by atoms with van der Waals surface area (Å²) in [4.78, 5) is 14.3. The summed E-state index contributed by atoms with van der Waals surface area (Å²) in [5, 5.41) is 4.10. The van der Waals surface area contributed by atoms with Gasteiger partial charge in [-0.1, -0.05) is 52.5 Å². The van der Waals surface area contributed by atoms with Gasteiger partial charge in [-0.25, -0.2) is 4.39 Å². The average Bonchev–Trinajstić information content (AvgIpc) is 3.46. The van der Waals surface area contributed by atoms with Crippen LogP contribution >= 0.6 is 0 Å². The summed E-state index contributed by atoms with van der Waals surface area (Å²) in [5.41, 5.74) is 9.77. The SMILES string of the molecule is C=N/C=C(\C=N/C/C(C(=C)CCNC)=C(\c1cc(C)c(F)c2[nH]ccc12)N(C)c1c(CC)cccc1CC)C(C)C. The highest BCUT2D eigenvalue weighted by atomic mass is 19.1. The van der Waals surface area contributed by atoms with Crippen LogP contribution in [0.1, 0.15) is 56.4 Å². The van der Waals surface area contributed by atoms with E-state index < -0.39 is 0 Å². The highest BCUT2D eigenvalue weighted by Gasteiger charge is 2.24.